The maximum absolute atomic E-state index is 12.7. The minimum absolute atomic E-state index is 0.131. The van der Waals surface area contributed by atoms with Crippen molar-refractivity contribution in [2.24, 2.45) is 0 Å². The van der Waals surface area contributed by atoms with Gasteiger partial charge in [0.25, 0.3) is 5.91 Å². The second kappa shape index (κ2) is 7.65. The van der Waals surface area contributed by atoms with Gasteiger partial charge in [-0.25, -0.2) is 9.97 Å². The van der Waals surface area contributed by atoms with E-state index in [1.54, 1.807) is 11.3 Å². The van der Waals surface area contributed by atoms with Crippen LogP contribution in [0.15, 0.2) is 36.5 Å². The summed E-state index contributed by atoms with van der Waals surface area (Å²) in [6.45, 7) is 3.97. The van der Waals surface area contributed by atoms with Crippen molar-refractivity contribution in [3.63, 3.8) is 0 Å². The number of nitrogens with one attached hydrogen (secondary N) is 2. The van der Waals surface area contributed by atoms with Crippen LogP contribution in [0.1, 0.15) is 39.0 Å². The summed E-state index contributed by atoms with van der Waals surface area (Å²) < 4.78 is 0. The lowest BCUT2D eigenvalue weighted by Crippen LogP contribution is -2.26. The van der Waals surface area contributed by atoms with Crippen molar-refractivity contribution < 1.29 is 4.79 Å². The quantitative estimate of drug-likeness (QED) is 0.704. The fourth-order valence-corrected chi connectivity index (χ4v) is 5.05. The fourth-order valence-electron chi connectivity index (χ4n) is 3.10. The Balaban J connectivity index is 1.48. The van der Waals surface area contributed by atoms with Crippen LogP contribution in [0.5, 0.6) is 0 Å². The molecular weight excluding hydrogens is 364 g/mol. The average molecular weight is 385 g/mol. The molecule has 4 rings (SSSR count). The van der Waals surface area contributed by atoms with Crippen LogP contribution in [0.2, 0.25) is 0 Å². The van der Waals surface area contributed by atoms with Crippen LogP contribution < -0.4 is 10.6 Å². The van der Waals surface area contributed by atoms with E-state index in [1.807, 2.05) is 43.5 Å². The summed E-state index contributed by atoms with van der Waals surface area (Å²) >= 11 is 3.01. The number of hydrogen-bond donors (Lipinski definition) is 2. The van der Waals surface area contributed by atoms with Gasteiger partial charge < -0.3 is 5.32 Å². The number of nitrogens with zero attached hydrogens (tertiary/aromatic N) is 2. The second-order valence-corrected chi connectivity index (χ2v) is 8.41. The smallest absolute Gasteiger partial charge is 0.269 e. The monoisotopic (exact) mass is 384 g/mol. The van der Waals surface area contributed by atoms with Crippen molar-refractivity contribution in [2.45, 2.75) is 25.7 Å². The number of hydrogen-bond acceptors (Lipinski definition) is 6. The van der Waals surface area contributed by atoms with Crippen LogP contribution in [-0.2, 0) is 0 Å². The van der Waals surface area contributed by atoms with Crippen molar-refractivity contribution in [1.82, 2.24) is 15.3 Å². The maximum atomic E-state index is 12.7. The number of amides is 1. The highest BCUT2D eigenvalue weighted by molar-refractivity contribution is 7.18. The maximum Gasteiger partial charge on any atom is 0.269 e. The number of aromatic nitrogens is 2. The van der Waals surface area contributed by atoms with Gasteiger partial charge in [-0.2, -0.15) is 0 Å². The van der Waals surface area contributed by atoms with Gasteiger partial charge in [0.2, 0.25) is 0 Å². The van der Waals surface area contributed by atoms with E-state index < -0.39 is 0 Å². The van der Waals surface area contributed by atoms with Crippen molar-refractivity contribution >= 4 is 33.7 Å². The summed E-state index contributed by atoms with van der Waals surface area (Å²) in [6.07, 6.45) is 4.17. The molecule has 0 spiro atoms. The number of carbonyl (C=O) groups excluding carboxylic acids is 1. The van der Waals surface area contributed by atoms with E-state index in [-0.39, 0.29) is 5.91 Å². The van der Waals surface area contributed by atoms with Crippen LogP contribution in [0, 0.1) is 6.92 Å². The lowest BCUT2D eigenvalue weighted by molar-refractivity contribution is 0.103. The molecule has 26 heavy (non-hydrogen) atoms. The van der Waals surface area contributed by atoms with Crippen LogP contribution in [-0.4, -0.2) is 29.0 Å². The molecule has 3 aromatic rings. The van der Waals surface area contributed by atoms with Gasteiger partial charge in [0.05, 0.1) is 5.69 Å². The van der Waals surface area contributed by atoms with Crippen LogP contribution in [0.25, 0.3) is 10.6 Å². The predicted molar refractivity (Wildman–Crippen MR) is 107 cm³/mol. The molecule has 5 nitrogen and oxygen atoms in total. The van der Waals surface area contributed by atoms with Crippen molar-refractivity contribution in [3.05, 3.63) is 52.0 Å². The van der Waals surface area contributed by atoms with E-state index in [0.29, 0.717) is 15.9 Å². The van der Waals surface area contributed by atoms with Gasteiger partial charge in [0.15, 0.2) is 5.13 Å². The van der Waals surface area contributed by atoms with E-state index in [0.717, 1.165) is 42.2 Å². The Kier molecular flexibility index (Phi) is 5.10. The molecule has 3 heterocycles. The predicted octanol–water partition coefficient (Wildman–Crippen LogP) is 4.29. The molecule has 1 fully saturated rings. The van der Waals surface area contributed by atoms with E-state index in [1.165, 1.54) is 16.2 Å². The molecule has 1 aromatic carbocycles. The number of piperidine rings is 1. The molecule has 0 bridgehead atoms. The molecule has 1 aliphatic rings. The number of thiazole rings is 2. The van der Waals surface area contributed by atoms with Crippen molar-refractivity contribution in [2.75, 3.05) is 18.4 Å². The summed E-state index contributed by atoms with van der Waals surface area (Å²) in [4.78, 5) is 23.5. The van der Waals surface area contributed by atoms with Gasteiger partial charge in [0, 0.05) is 16.6 Å². The molecule has 2 aromatic heterocycles. The van der Waals surface area contributed by atoms with Gasteiger partial charge in [-0.15, -0.1) is 22.7 Å². The fraction of sp³-hybridized carbons (Fsp3) is 0.316. The summed E-state index contributed by atoms with van der Waals surface area (Å²) in [5.74, 6) is 0.419. The first-order valence-corrected chi connectivity index (χ1v) is 10.3. The summed E-state index contributed by atoms with van der Waals surface area (Å²) in [5, 5.41) is 7.85. The average Bonchev–Trinajstić information content (AvgIpc) is 3.30. The highest BCUT2D eigenvalue weighted by atomic mass is 32.1. The van der Waals surface area contributed by atoms with Gasteiger partial charge in [-0.05, 0) is 38.8 Å². The minimum atomic E-state index is -0.131. The van der Waals surface area contributed by atoms with Gasteiger partial charge in [0.1, 0.15) is 9.88 Å². The minimum Gasteiger partial charge on any atom is -0.317 e. The molecule has 1 amide bonds. The largest absolute Gasteiger partial charge is 0.317 e. The Morgan fingerprint density at radius 3 is 2.73 bits per heavy atom. The van der Waals surface area contributed by atoms with Crippen LogP contribution in [0.4, 0.5) is 5.13 Å². The first kappa shape index (κ1) is 17.3. The standard InChI is InChI=1S/C19H20N4OS2/c1-12-16(26-18(22-12)14-5-3-2-4-6-14)17(24)23-19-21-11-15(25-19)13-7-9-20-10-8-13/h2-6,11,13,20H,7-10H2,1H3,(H,21,23,24). The van der Waals surface area contributed by atoms with E-state index in [4.69, 9.17) is 0 Å². The van der Waals surface area contributed by atoms with Crippen LogP contribution in [0.3, 0.4) is 0 Å². The zero-order chi connectivity index (χ0) is 17.9. The van der Waals surface area contributed by atoms with E-state index in [2.05, 4.69) is 20.6 Å². The van der Waals surface area contributed by atoms with Gasteiger partial charge >= 0.3 is 0 Å². The summed E-state index contributed by atoms with van der Waals surface area (Å²) in [6, 6.07) is 9.94. The van der Waals surface area contributed by atoms with Crippen molar-refractivity contribution in [3.8, 4) is 10.6 Å². The highest BCUT2D eigenvalue weighted by Crippen LogP contribution is 2.33. The summed E-state index contributed by atoms with van der Waals surface area (Å²) in [5.41, 5.74) is 1.78. The third kappa shape index (κ3) is 3.70. The second-order valence-electron chi connectivity index (χ2n) is 6.35. The molecule has 1 saturated heterocycles. The van der Waals surface area contributed by atoms with Crippen LogP contribution >= 0.6 is 22.7 Å². The Bertz CT molecular complexity index is 897. The topological polar surface area (TPSA) is 66.9 Å². The Hall–Kier alpha value is -2.09. The Labute approximate surface area is 160 Å². The molecular formula is C19H20N4OS2. The molecule has 0 saturated carbocycles. The molecule has 7 heteroatoms. The number of rotatable bonds is 4. The molecule has 0 atom stereocenters. The zero-order valence-electron chi connectivity index (χ0n) is 14.5. The third-order valence-electron chi connectivity index (χ3n) is 4.51. The summed E-state index contributed by atoms with van der Waals surface area (Å²) in [7, 11) is 0. The number of carbonyl (C=O) groups is 1. The van der Waals surface area contributed by atoms with Crippen molar-refractivity contribution in [1.29, 1.82) is 0 Å². The molecule has 0 unspecified atom stereocenters. The lowest BCUT2D eigenvalue weighted by atomic mass is 9.97. The SMILES string of the molecule is Cc1nc(-c2ccccc2)sc1C(=O)Nc1ncc(C2CCNCC2)s1. The molecule has 2 N–H and O–H groups in total. The van der Waals surface area contributed by atoms with E-state index >= 15 is 0 Å². The first-order valence-electron chi connectivity index (χ1n) is 8.71. The highest BCUT2D eigenvalue weighted by Gasteiger charge is 2.20. The molecule has 0 aliphatic carbocycles. The van der Waals surface area contributed by atoms with Gasteiger partial charge in [-0.3, -0.25) is 10.1 Å². The number of anilines is 1. The number of aryl methyl sites for hydroxylation is 1. The lowest BCUT2D eigenvalue weighted by Gasteiger charge is -2.20. The van der Waals surface area contributed by atoms with E-state index in [9.17, 15) is 4.79 Å². The third-order valence-corrected chi connectivity index (χ3v) is 6.79. The van der Waals surface area contributed by atoms with Gasteiger partial charge in [-0.1, -0.05) is 30.3 Å². The normalized spacial score (nSPS) is 15.1. The molecule has 134 valence electrons. The first-order chi connectivity index (χ1) is 12.7. The Morgan fingerprint density at radius 2 is 1.96 bits per heavy atom. The molecule has 0 radical (unpaired) electrons. The zero-order valence-corrected chi connectivity index (χ0v) is 16.1. The Morgan fingerprint density at radius 1 is 1.19 bits per heavy atom. The number of benzene rings is 1. The molecule has 1 aliphatic heterocycles.